The summed E-state index contributed by atoms with van der Waals surface area (Å²) in [6, 6.07) is 6.06. The molecular weight excluding hydrogens is 235 g/mol. The molecule has 0 spiro atoms. The van der Waals surface area contributed by atoms with Crippen molar-refractivity contribution in [3.8, 4) is 6.07 Å². The Bertz CT molecular complexity index is 465. The van der Waals surface area contributed by atoms with Gasteiger partial charge in [0.15, 0.2) is 5.79 Å². The van der Waals surface area contributed by atoms with Gasteiger partial charge in [-0.2, -0.15) is 5.26 Å². The van der Waals surface area contributed by atoms with E-state index in [-0.39, 0.29) is 0 Å². The molecular formula is C13H15FN2O2. The molecule has 0 amide bonds. The lowest BCUT2D eigenvalue weighted by atomic mass is 10.1. The number of benzene rings is 1. The standard InChI is InChI=1S/C13H15FN2O2/c1-13(17-6-7-18-13)4-5-16-12-3-2-11(14)8-10(12)9-15/h2-3,8,16H,4-7H2,1H3. The summed E-state index contributed by atoms with van der Waals surface area (Å²) in [5, 5.41) is 12.0. The van der Waals surface area contributed by atoms with Gasteiger partial charge in [0.1, 0.15) is 11.9 Å². The summed E-state index contributed by atoms with van der Waals surface area (Å²) in [5.74, 6) is -0.966. The number of nitriles is 1. The largest absolute Gasteiger partial charge is 0.384 e. The molecule has 0 radical (unpaired) electrons. The van der Waals surface area contributed by atoms with Crippen LogP contribution in [0.4, 0.5) is 10.1 Å². The number of nitrogens with one attached hydrogen (secondary N) is 1. The first-order valence-corrected chi connectivity index (χ1v) is 5.84. The van der Waals surface area contributed by atoms with E-state index in [1.807, 2.05) is 13.0 Å². The minimum absolute atomic E-state index is 0.299. The highest BCUT2D eigenvalue weighted by Gasteiger charge is 2.30. The fourth-order valence-electron chi connectivity index (χ4n) is 1.89. The smallest absolute Gasteiger partial charge is 0.167 e. The second kappa shape index (κ2) is 5.34. The van der Waals surface area contributed by atoms with E-state index in [0.29, 0.717) is 37.4 Å². The maximum atomic E-state index is 12.9. The lowest BCUT2D eigenvalue weighted by molar-refractivity contribution is -0.144. The van der Waals surface area contributed by atoms with Gasteiger partial charge in [0.05, 0.1) is 24.5 Å². The van der Waals surface area contributed by atoms with Crippen molar-refractivity contribution < 1.29 is 13.9 Å². The Morgan fingerprint density at radius 1 is 1.44 bits per heavy atom. The monoisotopic (exact) mass is 250 g/mol. The quantitative estimate of drug-likeness (QED) is 0.890. The topological polar surface area (TPSA) is 54.3 Å². The summed E-state index contributed by atoms with van der Waals surface area (Å²) in [4.78, 5) is 0. The number of halogens is 1. The minimum Gasteiger partial charge on any atom is -0.384 e. The van der Waals surface area contributed by atoms with E-state index >= 15 is 0 Å². The van der Waals surface area contributed by atoms with Crippen LogP contribution >= 0.6 is 0 Å². The Morgan fingerprint density at radius 3 is 2.83 bits per heavy atom. The second-order valence-corrected chi connectivity index (χ2v) is 4.31. The third-order valence-corrected chi connectivity index (χ3v) is 2.89. The van der Waals surface area contributed by atoms with Gasteiger partial charge in [0, 0.05) is 13.0 Å². The van der Waals surface area contributed by atoms with E-state index in [9.17, 15) is 4.39 Å². The van der Waals surface area contributed by atoms with E-state index in [1.165, 1.54) is 12.1 Å². The fraction of sp³-hybridized carbons (Fsp3) is 0.462. The summed E-state index contributed by atoms with van der Waals surface area (Å²) in [6.07, 6.45) is 0.662. The molecule has 0 unspecified atom stereocenters. The molecule has 18 heavy (non-hydrogen) atoms. The van der Waals surface area contributed by atoms with E-state index in [1.54, 1.807) is 6.07 Å². The molecule has 1 saturated heterocycles. The number of hydrogen-bond acceptors (Lipinski definition) is 4. The van der Waals surface area contributed by atoms with Crippen molar-refractivity contribution in [1.29, 1.82) is 5.26 Å². The first-order chi connectivity index (χ1) is 8.63. The third-order valence-electron chi connectivity index (χ3n) is 2.89. The number of nitrogens with zero attached hydrogens (tertiary/aromatic N) is 1. The van der Waals surface area contributed by atoms with Crippen LogP contribution < -0.4 is 5.32 Å². The molecule has 1 aliphatic rings. The molecule has 1 aliphatic heterocycles. The van der Waals surface area contributed by atoms with Gasteiger partial charge >= 0.3 is 0 Å². The lowest BCUT2D eigenvalue weighted by Gasteiger charge is -2.22. The summed E-state index contributed by atoms with van der Waals surface area (Å²) < 4.78 is 23.9. The van der Waals surface area contributed by atoms with Crippen molar-refractivity contribution >= 4 is 5.69 Å². The van der Waals surface area contributed by atoms with Crippen molar-refractivity contribution in [3.05, 3.63) is 29.6 Å². The third kappa shape index (κ3) is 2.97. The number of anilines is 1. The Kier molecular flexibility index (Phi) is 3.80. The van der Waals surface area contributed by atoms with Crippen LogP contribution in [0.3, 0.4) is 0 Å². The molecule has 0 saturated carbocycles. The number of rotatable bonds is 4. The Balaban J connectivity index is 1.92. The summed E-state index contributed by atoms with van der Waals surface area (Å²) in [7, 11) is 0. The number of ether oxygens (including phenoxy) is 2. The van der Waals surface area contributed by atoms with Crippen LogP contribution in [-0.2, 0) is 9.47 Å². The molecule has 96 valence electrons. The van der Waals surface area contributed by atoms with Crippen molar-refractivity contribution in [2.24, 2.45) is 0 Å². The van der Waals surface area contributed by atoms with Crippen molar-refractivity contribution in [2.45, 2.75) is 19.1 Å². The number of hydrogen-bond donors (Lipinski definition) is 1. The van der Waals surface area contributed by atoms with Gasteiger partial charge in [0.25, 0.3) is 0 Å². The molecule has 1 aromatic carbocycles. The molecule has 2 rings (SSSR count). The molecule has 0 aliphatic carbocycles. The zero-order chi connectivity index (χ0) is 13.0. The Labute approximate surface area is 105 Å². The average Bonchev–Trinajstić information content (AvgIpc) is 2.78. The van der Waals surface area contributed by atoms with Gasteiger partial charge in [-0.1, -0.05) is 0 Å². The van der Waals surface area contributed by atoms with E-state index in [4.69, 9.17) is 14.7 Å². The van der Waals surface area contributed by atoms with Crippen LogP contribution in [0.15, 0.2) is 18.2 Å². The molecule has 1 fully saturated rings. The molecule has 1 heterocycles. The maximum absolute atomic E-state index is 12.9. The molecule has 4 nitrogen and oxygen atoms in total. The van der Waals surface area contributed by atoms with Crippen LogP contribution in [0.1, 0.15) is 18.9 Å². The van der Waals surface area contributed by atoms with Crippen LogP contribution in [-0.4, -0.2) is 25.5 Å². The van der Waals surface area contributed by atoms with E-state index < -0.39 is 11.6 Å². The molecule has 0 bridgehead atoms. The second-order valence-electron chi connectivity index (χ2n) is 4.31. The van der Waals surface area contributed by atoms with Gasteiger partial charge in [-0.15, -0.1) is 0 Å². The van der Waals surface area contributed by atoms with Crippen LogP contribution in [0.5, 0.6) is 0 Å². The lowest BCUT2D eigenvalue weighted by Crippen LogP contribution is -2.28. The summed E-state index contributed by atoms with van der Waals surface area (Å²) >= 11 is 0. The molecule has 0 atom stereocenters. The van der Waals surface area contributed by atoms with Gasteiger partial charge in [-0.05, 0) is 25.1 Å². The summed E-state index contributed by atoms with van der Waals surface area (Å²) in [5.41, 5.74) is 0.925. The Hall–Kier alpha value is -1.64. The predicted octanol–water partition coefficient (Wildman–Crippen LogP) is 2.26. The van der Waals surface area contributed by atoms with Gasteiger partial charge in [0.2, 0.25) is 0 Å². The fourth-order valence-corrected chi connectivity index (χ4v) is 1.89. The van der Waals surface area contributed by atoms with E-state index in [0.717, 1.165) is 0 Å². The zero-order valence-corrected chi connectivity index (χ0v) is 10.2. The highest BCUT2D eigenvalue weighted by molar-refractivity contribution is 5.57. The van der Waals surface area contributed by atoms with Crippen LogP contribution in [0, 0.1) is 17.1 Å². The molecule has 5 heteroatoms. The first-order valence-electron chi connectivity index (χ1n) is 5.84. The van der Waals surface area contributed by atoms with Crippen LogP contribution in [0.2, 0.25) is 0 Å². The normalized spacial score (nSPS) is 17.4. The predicted molar refractivity (Wildman–Crippen MR) is 64.5 cm³/mol. The van der Waals surface area contributed by atoms with Crippen LogP contribution in [0.25, 0.3) is 0 Å². The minimum atomic E-state index is -0.556. The van der Waals surface area contributed by atoms with Crippen molar-refractivity contribution in [1.82, 2.24) is 0 Å². The van der Waals surface area contributed by atoms with Crippen molar-refractivity contribution in [2.75, 3.05) is 25.1 Å². The summed E-state index contributed by atoms with van der Waals surface area (Å²) in [6.45, 7) is 3.70. The van der Waals surface area contributed by atoms with Gasteiger partial charge in [-0.3, -0.25) is 0 Å². The van der Waals surface area contributed by atoms with Gasteiger partial charge < -0.3 is 14.8 Å². The highest BCUT2D eigenvalue weighted by atomic mass is 19.1. The SMILES string of the molecule is CC1(CCNc2ccc(F)cc2C#N)OCCO1. The van der Waals surface area contributed by atoms with Gasteiger partial charge in [-0.25, -0.2) is 4.39 Å². The first kappa shape index (κ1) is 12.8. The molecule has 0 aromatic heterocycles. The average molecular weight is 250 g/mol. The Morgan fingerprint density at radius 2 is 2.17 bits per heavy atom. The van der Waals surface area contributed by atoms with Crippen molar-refractivity contribution in [3.63, 3.8) is 0 Å². The highest BCUT2D eigenvalue weighted by Crippen LogP contribution is 2.23. The maximum Gasteiger partial charge on any atom is 0.167 e. The molecule has 1 N–H and O–H groups in total. The van der Waals surface area contributed by atoms with E-state index in [2.05, 4.69) is 5.32 Å². The molecule has 1 aromatic rings. The zero-order valence-electron chi connectivity index (χ0n) is 10.2.